The summed E-state index contributed by atoms with van der Waals surface area (Å²) in [7, 11) is 0. The number of rotatable bonds is 6. The molecule has 0 atom stereocenters. The zero-order chi connectivity index (χ0) is 23.6. The average molecular weight is 460 g/mol. The number of carbonyl (C=O) groups is 2. The molecule has 3 aromatic rings. The predicted octanol–water partition coefficient (Wildman–Crippen LogP) is 3.49. The average Bonchev–Trinajstić information content (AvgIpc) is 3.26. The molecule has 2 heterocycles. The molecule has 1 saturated heterocycles. The van der Waals surface area contributed by atoms with E-state index >= 15 is 0 Å². The summed E-state index contributed by atoms with van der Waals surface area (Å²) >= 11 is 0. The molecule has 1 aliphatic heterocycles. The Bertz CT molecular complexity index is 1170. The fourth-order valence-electron chi connectivity index (χ4n) is 4.13. The minimum Gasteiger partial charge on any atom is -0.419 e. The molecule has 1 amide bonds. The van der Waals surface area contributed by atoms with Gasteiger partial charge in [0.25, 0.3) is 5.91 Å². The highest BCUT2D eigenvalue weighted by Gasteiger charge is 2.42. The summed E-state index contributed by atoms with van der Waals surface area (Å²) in [6.45, 7) is 1.72. The van der Waals surface area contributed by atoms with Gasteiger partial charge < -0.3 is 25.7 Å². The molecule has 0 radical (unpaired) electrons. The van der Waals surface area contributed by atoms with E-state index in [4.69, 9.17) is 5.73 Å². The molecule has 4 N–H and O–H groups in total. The Hall–Kier alpha value is -3.53. The molecule has 0 saturated carbocycles. The second kappa shape index (κ2) is 9.14. The van der Waals surface area contributed by atoms with Crippen LogP contribution in [0.4, 0.5) is 18.9 Å². The quantitative estimate of drug-likeness (QED) is 0.386. The highest BCUT2D eigenvalue weighted by Crippen LogP contribution is 2.33. The van der Waals surface area contributed by atoms with Gasteiger partial charge in [-0.05, 0) is 56.3 Å². The summed E-state index contributed by atoms with van der Waals surface area (Å²) in [5, 5.41) is 4.29. The molecular formula is C23H23F3N4O3. The summed E-state index contributed by atoms with van der Waals surface area (Å²) in [5.41, 5.74) is 7.17. The van der Waals surface area contributed by atoms with Crippen molar-refractivity contribution in [3.63, 3.8) is 0 Å². The maximum Gasteiger partial charge on any atom is 0.491 e. The molecule has 4 rings (SSSR count). The summed E-state index contributed by atoms with van der Waals surface area (Å²) in [6.07, 6.45) is -1.75. The number of H-pyrrole nitrogens is 1. The first-order chi connectivity index (χ1) is 15.7. The lowest BCUT2D eigenvalue weighted by molar-refractivity contribution is -0.189. The molecule has 0 aliphatic carbocycles. The molecule has 2 aromatic carbocycles. The molecule has 174 valence electrons. The second-order valence-electron chi connectivity index (χ2n) is 7.90. The van der Waals surface area contributed by atoms with Crippen LogP contribution < -0.4 is 20.7 Å². The number of piperidine rings is 1. The lowest BCUT2D eigenvalue weighted by atomic mass is 10.0. The summed E-state index contributed by atoms with van der Waals surface area (Å²) in [6, 6.07) is 12.2. The fourth-order valence-corrected chi connectivity index (χ4v) is 4.13. The van der Waals surface area contributed by atoms with Crippen LogP contribution in [0, 0.1) is 0 Å². The fraction of sp³-hybridized carbons (Fsp3) is 0.304. The van der Waals surface area contributed by atoms with Crippen LogP contribution in [-0.2, 0) is 11.3 Å². The van der Waals surface area contributed by atoms with Crippen LogP contribution >= 0.6 is 0 Å². The number of aromatic nitrogens is 1. The van der Waals surface area contributed by atoms with Crippen molar-refractivity contribution in [3.05, 3.63) is 59.8 Å². The molecule has 33 heavy (non-hydrogen) atoms. The number of anilines is 1. The van der Waals surface area contributed by atoms with E-state index in [1.807, 2.05) is 30.5 Å². The van der Waals surface area contributed by atoms with E-state index < -0.39 is 23.8 Å². The number of aromatic amines is 1. The number of fused-ring (bicyclic) bond motifs is 1. The predicted molar refractivity (Wildman–Crippen MR) is 117 cm³/mol. The first-order valence-corrected chi connectivity index (χ1v) is 10.5. The van der Waals surface area contributed by atoms with E-state index in [1.165, 1.54) is 18.2 Å². The van der Waals surface area contributed by atoms with Gasteiger partial charge >= 0.3 is 12.1 Å². The van der Waals surface area contributed by atoms with Crippen molar-refractivity contribution in [2.24, 2.45) is 5.73 Å². The van der Waals surface area contributed by atoms with Gasteiger partial charge in [-0.25, -0.2) is 4.79 Å². The lowest BCUT2D eigenvalue weighted by Crippen LogP contribution is -2.43. The van der Waals surface area contributed by atoms with Gasteiger partial charge in [-0.15, -0.1) is 0 Å². The number of benzene rings is 2. The number of alkyl halides is 3. The van der Waals surface area contributed by atoms with Crippen LogP contribution in [0.15, 0.2) is 48.7 Å². The summed E-state index contributed by atoms with van der Waals surface area (Å²) < 4.78 is 43.4. The number of ether oxygens (including phenoxy) is 1. The molecule has 1 aliphatic rings. The third-order valence-electron chi connectivity index (χ3n) is 5.75. The Morgan fingerprint density at radius 1 is 1.12 bits per heavy atom. The summed E-state index contributed by atoms with van der Waals surface area (Å²) in [5.74, 6) is -3.85. The van der Waals surface area contributed by atoms with E-state index in [2.05, 4.69) is 19.9 Å². The Kier molecular flexibility index (Phi) is 6.28. The van der Waals surface area contributed by atoms with Crippen molar-refractivity contribution in [2.75, 3.05) is 18.0 Å². The van der Waals surface area contributed by atoms with Gasteiger partial charge in [0.1, 0.15) is 5.75 Å². The third kappa shape index (κ3) is 4.95. The van der Waals surface area contributed by atoms with Crippen LogP contribution in [0.5, 0.6) is 5.75 Å². The monoisotopic (exact) mass is 460 g/mol. The number of halogens is 3. The van der Waals surface area contributed by atoms with Gasteiger partial charge in [0, 0.05) is 40.9 Å². The molecule has 0 bridgehead atoms. The van der Waals surface area contributed by atoms with Crippen LogP contribution in [0.1, 0.15) is 28.8 Å². The molecule has 1 aromatic heterocycles. The van der Waals surface area contributed by atoms with Crippen molar-refractivity contribution < 1.29 is 27.5 Å². The number of hydrogen-bond donors (Lipinski definition) is 3. The number of carbonyl (C=O) groups excluding carboxylic acids is 2. The van der Waals surface area contributed by atoms with Gasteiger partial charge in [-0.2, -0.15) is 13.2 Å². The molecular weight excluding hydrogens is 437 g/mol. The van der Waals surface area contributed by atoms with E-state index in [1.54, 1.807) is 0 Å². The zero-order valence-electron chi connectivity index (χ0n) is 17.6. The molecule has 0 spiro atoms. The Morgan fingerprint density at radius 2 is 1.88 bits per heavy atom. The van der Waals surface area contributed by atoms with E-state index in [9.17, 15) is 22.8 Å². The number of nitrogens with two attached hydrogens (primary N) is 1. The van der Waals surface area contributed by atoms with Crippen LogP contribution in [-0.4, -0.2) is 42.2 Å². The number of primary amides is 1. The maximum atomic E-state index is 12.9. The minimum atomic E-state index is -5.21. The van der Waals surface area contributed by atoms with Crippen molar-refractivity contribution in [3.8, 4) is 5.75 Å². The van der Waals surface area contributed by atoms with E-state index in [-0.39, 0.29) is 23.7 Å². The van der Waals surface area contributed by atoms with E-state index in [0.29, 0.717) is 0 Å². The molecule has 7 nitrogen and oxygen atoms in total. The van der Waals surface area contributed by atoms with Crippen LogP contribution in [0.2, 0.25) is 0 Å². The standard InChI is InChI=1S/C23H23F3N4O3/c24-23(25,26)22(32)33-20-15(2-1-3-18(20)21(27)31)13-30(16-7-9-28-10-8-16)17-4-5-19-14(12-17)6-11-29-19/h1-6,11-12,16,28-29H,7-10,13H2,(H2,27,31). The summed E-state index contributed by atoms with van der Waals surface area (Å²) in [4.78, 5) is 28.7. The minimum absolute atomic E-state index is 0.0889. The first kappa shape index (κ1) is 22.7. The molecule has 10 heteroatoms. The smallest absolute Gasteiger partial charge is 0.419 e. The SMILES string of the molecule is NC(=O)c1cccc(CN(c2ccc3[nH]ccc3c2)C2CCNCC2)c1OC(=O)C(F)(F)F. The van der Waals surface area contributed by atoms with Gasteiger partial charge in [-0.3, -0.25) is 4.79 Å². The van der Waals surface area contributed by atoms with Crippen molar-refractivity contribution in [1.82, 2.24) is 10.3 Å². The van der Waals surface area contributed by atoms with Crippen LogP contribution in [0.3, 0.4) is 0 Å². The number of esters is 1. The first-order valence-electron chi connectivity index (χ1n) is 10.5. The van der Waals surface area contributed by atoms with Gasteiger partial charge in [0.05, 0.1) is 5.56 Å². The van der Waals surface area contributed by atoms with Crippen molar-refractivity contribution in [2.45, 2.75) is 31.6 Å². The number of para-hydroxylation sites is 1. The third-order valence-corrected chi connectivity index (χ3v) is 5.75. The normalized spacial score (nSPS) is 14.9. The zero-order valence-corrected chi connectivity index (χ0v) is 17.6. The van der Waals surface area contributed by atoms with Crippen molar-refractivity contribution >= 4 is 28.5 Å². The number of nitrogens with one attached hydrogen (secondary N) is 2. The second-order valence-corrected chi connectivity index (χ2v) is 7.90. The Morgan fingerprint density at radius 3 is 2.58 bits per heavy atom. The molecule has 0 unspecified atom stereocenters. The van der Waals surface area contributed by atoms with Gasteiger partial charge in [0.2, 0.25) is 0 Å². The number of nitrogens with zero attached hydrogens (tertiary/aromatic N) is 1. The Balaban J connectivity index is 1.75. The topological polar surface area (TPSA) is 100 Å². The number of amides is 1. The lowest BCUT2D eigenvalue weighted by Gasteiger charge is -2.37. The Labute approximate surface area is 187 Å². The van der Waals surface area contributed by atoms with E-state index in [0.717, 1.165) is 42.5 Å². The maximum absolute atomic E-state index is 12.9. The molecule has 1 fully saturated rings. The highest BCUT2D eigenvalue weighted by atomic mass is 19.4. The van der Waals surface area contributed by atoms with Crippen molar-refractivity contribution in [1.29, 1.82) is 0 Å². The highest BCUT2D eigenvalue weighted by molar-refractivity contribution is 5.97. The largest absolute Gasteiger partial charge is 0.491 e. The van der Waals surface area contributed by atoms with Gasteiger partial charge in [-0.1, -0.05) is 12.1 Å². The van der Waals surface area contributed by atoms with Crippen LogP contribution in [0.25, 0.3) is 10.9 Å². The van der Waals surface area contributed by atoms with Gasteiger partial charge in [0.15, 0.2) is 0 Å². The number of hydrogen-bond acceptors (Lipinski definition) is 5.